The summed E-state index contributed by atoms with van der Waals surface area (Å²) in [6.07, 6.45) is -1.23. The summed E-state index contributed by atoms with van der Waals surface area (Å²) >= 11 is 0. The Bertz CT molecular complexity index is 1240. The minimum Gasteiger partial charge on any atom is -0.372 e. The van der Waals surface area contributed by atoms with E-state index in [0.717, 1.165) is 5.06 Å². The van der Waals surface area contributed by atoms with Crippen LogP contribution in [0.25, 0.3) is 11.0 Å². The van der Waals surface area contributed by atoms with Crippen molar-refractivity contribution in [2.75, 3.05) is 25.6 Å². The van der Waals surface area contributed by atoms with Crippen LogP contribution in [0.4, 0.5) is 14.9 Å². The highest BCUT2D eigenvalue weighted by atomic mass is 19.1. The molecule has 180 valence electrons. The summed E-state index contributed by atoms with van der Waals surface area (Å²) in [5.74, 6) is -3.04. The summed E-state index contributed by atoms with van der Waals surface area (Å²) in [5, 5.41) is 9.06. The average molecular weight is 475 g/mol. The lowest BCUT2D eigenvalue weighted by Gasteiger charge is -2.55. The Labute approximate surface area is 192 Å². The van der Waals surface area contributed by atoms with E-state index in [-0.39, 0.29) is 41.4 Å². The zero-order valence-corrected chi connectivity index (χ0v) is 18.8. The summed E-state index contributed by atoms with van der Waals surface area (Å²) in [4.78, 5) is 57.4. The van der Waals surface area contributed by atoms with Crippen LogP contribution in [0.3, 0.4) is 0 Å². The maximum absolute atomic E-state index is 15.9. The van der Waals surface area contributed by atoms with Crippen LogP contribution in [0.5, 0.6) is 0 Å². The molecular weight excluding hydrogens is 453 g/mol. The van der Waals surface area contributed by atoms with Gasteiger partial charge in [0.1, 0.15) is 0 Å². The third kappa shape index (κ3) is 2.86. The third-order valence-electron chi connectivity index (χ3n) is 6.73. The number of nitrogens with zero attached hydrogens (tertiary/aromatic N) is 3. The van der Waals surface area contributed by atoms with Gasteiger partial charge in [0.05, 0.1) is 36.4 Å². The molecule has 2 fully saturated rings. The van der Waals surface area contributed by atoms with Gasteiger partial charge in [0.15, 0.2) is 16.9 Å². The van der Waals surface area contributed by atoms with E-state index in [0.29, 0.717) is 5.56 Å². The van der Waals surface area contributed by atoms with E-state index < -0.39 is 47.1 Å². The second kappa shape index (κ2) is 7.46. The van der Waals surface area contributed by atoms with Crippen molar-refractivity contribution in [3.63, 3.8) is 0 Å². The molecule has 2 saturated heterocycles. The molecule has 0 radical (unpaired) electrons. The third-order valence-corrected chi connectivity index (χ3v) is 6.73. The maximum atomic E-state index is 15.9. The molecule has 4 heterocycles. The number of hydrogen-bond donors (Lipinski definition) is 2. The minimum atomic E-state index is -1.77. The minimum absolute atomic E-state index is 0.0702. The van der Waals surface area contributed by atoms with Gasteiger partial charge in [-0.3, -0.25) is 29.9 Å². The van der Waals surface area contributed by atoms with E-state index in [2.05, 4.69) is 15.8 Å². The molecule has 3 aliphatic heterocycles. The number of urea groups is 1. The molecule has 5 amide bonds. The van der Waals surface area contributed by atoms with Gasteiger partial charge in [-0.05, 0) is 25.5 Å². The molecular formula is C21H22FN5O7. The zero-order chi connectivity index (χ0) is 24.5. The lowest BCUT2D eigenvalue weighted by atomic mass is 9.66. The molecule has 12 nitrogen and oxygen atoms in total. The van der Waals surface area contributed by atoms with Gasteiger partial charge in [0.2, 0.25) is 17.4 Å². The number of nitrogens with one attached hydrogen (secondary N) is 2. The largest absolute Gasteiger partial charge is 0.372 e. The molecule has 1 aromatic carbocycles. The number of carbonyl (C=O) groups is 4. The number of hydroxylamine groups is 2. The van der Waals surface area contributed by atoms with Gasteiger partial charge in [-0.1, -0.05) is 5.16 Å². The SMILES string of the molecule is CON(C)C(=O)c1noc2c(F)c3c(cc12)CC1(C(=O)NC(=O)NC1=O)[C@@H]1[C@@H](C)O[C@@H](C)CN31. The molecule has 0 saturated carbocycles. The van der Waals surface area contributed by atoms with Gasteiger partial charge in [0.25, 0.3) is 5.91 Å². The van der Waals surface area contributed by atoms with E-state index in [1.54, 1.807) is 18.7 Å². The van der Waals surface area contributed by atoms with Crippen molar-refractivity contribution in [1.29, 1.82) is 0 Å². The topological polar surface area (TPSA) is 143 Å². The van der Waals surface area contributed by atoms with E-state index in [9.17, 15) is 19.2 Å². The molecule has 5 rings (SSSR count). The molecule has 1 aromatic heterocycles. The lowest BCUT2D eigenvalue weighted by Crippen LogP contribution is -2.75. The van der Waals surface area contributed by atoms with Crippen molar-refractivity contribution in [2.45, 2.75) is 38.5 Å². The highest BCUT2D eigenvalue weighted by Crippen LogP contribution is 2.49. The number of imide groups is 2. The summed E-state index contributed by atoms with van der Waals surface area (Å²) in [6, 6.07) is -0.340. The van der Waals surface area contributed by atoms with Gasteiger partial charge in [0, 0.05) is 20.0 Å². The summed E-state index contributed by atoms with van der Waals surface area (Å²) in [5.41, 5.74) is -1.77. The Hall–Kier alpha value is -3.58. The fourth-order valence-corrected chi connectivity index (χ4v) is 5.33. The molecule has 0 unspecified atom stereocenters. The van der Waals surface area contributed by atoms with Gasteiger partial charge in [-0.25, -0.2) is 14.2 Å². The Morgan fingerprint density at radius 1 is 1.29 bits per heavy atom. The van der Waals surface area contributed by atoms with E-state index in [1.807, 2.05) is 0 Å². The quantitative estimate of drug-likeness (QED) is 0.468. The predicted octanol–water partition coefficient (Wildman–Crippen LogP) is 0.491. The van der Waals surface area contributed by atoms with Crippen LogP contribution in [-0.4, -0.2) is 72.9 Å². The molecule has 3 atom stereocenters. The number of carbonyl (C=O) groups excluding carboxylic acids is 4. The number of hydrogen-bond acceptors (Lipinski definition) is 9. The number of morpholine rings is 1. The number of amides is 5. The fourth-order valence-electron chi connectivity index (χ4n) is 5.33. The molecule has 3 aliphatic rings. The number of fused-ring (bicyclic) bond motifs is 5. The van der Waals surface area contributed by atoms with Gasteiger partial charge in [-0.2, -0.15) is 0 Å². The Morgan fingerprint density at radius 2 is 1.97 bits per heavy atom. The van der Waals surface area contributed by atoms with Crippen molar-refractivity contribution in [2.24, 2.45) is 5.41 Å². The first kappa shape index (κ1) is 22.2. The molecule has 0 bridgehead atoms. The van der Waals surface area contributed by atoms with E-state index in [4.69, 9.17) is 14.1 Å². The van der Waals surface area contributed by atoms with Crippen LogP contribution in [0.1, 0.15) is 29.9 Å². The highest BCUT2D eigenvalue weighted by molar-refractivity contribution is 6.20. The molecule has 34 heavy (non-hydrogen) atoms. The van der Waals surface area contributed by atoms with Gasteiger partial charge >= 0.3 is 6.03 Å². The maximum Gasteiger partial charge on any atom is 0.328 e. The first-order chi connectivity index (χ1) is 16.1. The lowest BCUT2D eigenvalue weighted by molar-refractivity contribution is -0.153. The number of anilines is 1. The second-order valence-electron chi connectivity index (χ2n) is 8.73. The van der Waals surface area contributed by atoms with Crippen LogP contribution >= 0.6 is 0 Å². The molecule has 2 aromatic rings. The average Bonchev–Trinajstić information content (AvgIpc) is 3.19. The van der Waals surface area contributed by atoms with E-state index in [1.165, 1.54) is 20.2 Å². The highest BCUT2D eigenvalue weighted by Gasteiger charge is 2.63. The fraction of sp³-hybridized carbons (Fsp3) is 0.476. The molecule has 2 N–H and O–H groups in total. The second-order valence-corrected chi connectivity index (χ2v) is 8.73. The van der Waals surface area contributed by atoms with E-state index >= 15 is 4.39 Å². The van der Waals surface area contributed by atoms with Crippen LogP contribution in [-0.2, 0) is 25.6 Å². The van der Waals surface area contributed by atoms with Crippen LogP contribution in [0, 0.1) is 11.2 Å². The van der Waals surface area contributed by atoms with Crippen LogP contribution in [0.15, 0.2) is 10.6 Å². The molecule has 1 spiro atoms. The molecule has 0 aliphatic carbocycles. The monoisotopic (exact) mass is 475 g/mol. The number of barbiturate groups is 1. The van der Waals surface area contributed by atoms with Crippen molar-refractivity contribution in [3.8, 4) is 0 Å². The standard InChI is InChI=1S/C21H22FN5O7/c1-8-7-27-14-10(5-11-13(17(28)26(3)32-4)25-34-15(11)12(14)22)6-21(16(27)9(2)33-8)18(29)23-20(31)24-19(21)30/h5,8-9,16H,6-7H2,1-4H3,(H2,23,24,29,30,31)/t8-,9+,16-/m0/s1. The van der Waals surface area contributed by atoms with Crippen LogP contribution in [0.2, 0.25) is 0 Å². The van der Waals surface area contributed by atoms with Crippen molar-refractivity contribution in [3.05, 3.63) is 23.1 Å². The Morgan fingerprint density at radius 3 is 2.62 bits per heavy atom. The number of ether oxygens (including phenoxy) is 1. The first-order valence-electron chi connectivity index (χ1n) is 10.6. The van der Waals surface area contributed by atoms with Gasteiger partial charge in [-0.15, -0.1) is 0 Å². The zero-order valence-electron chi connectivity index (χ0n) is 18.8. The number of rotatable bonds is 2. The Balaban J connectivity index is 1.75. The number of benzene rings is 1. The normalized spacial score (nSPS) is 25.6. The summed E-state index contributed by atoms with van der Waals surface area (Å²) < 4.78 is 27.0. The van der Waals surface area contributed by atoms with Crippen LogP contribution < -0.4 is 15.5 Å². The molecule has 13 heteroatoms. The van der Waals surface area contributed by atoms with Crippen molar-refractivity contribution in [1.82, 2.24) is 20.9 Å². The van der Waals surface area contributed by atoms with Crippen molar-refractivity contribution >= 4 is 40.4 Å². The first-order valence-corrected chi connectivity index (χ1v) is 10.6. The smallest absolute Gasteiger partial charge is 0.328 e. The summed E-state index contributed by atoms with van der Waals surface area (Å²) in [7, 11) is 2.65. The van der Waals surface area contributed by atoms with Gasteiger partial charge < -0.3 is 14.2 Å². The summed E-state index contributed by atoms with van der Waals surface area (Å²) in [6.45, 7) is 3.66. The number of aromatic nitrogens is 1. The van der Waals surface area contributed by atoms with Crippen molar-refractivity contribution < 1.29 is 37.7 Å². The predicted molar refractivity (Wildman–Crippen MR) is 112 cm³/mol. The Kier molecular flexibility index (Phi) is 4.88. The number of halogens is 1.